The lowest BCUT2D eigenvalue weighted by atomic mass is 10.1. The molecule has 0 aliphatic carbocycles. The Morgan fingerprint density at radius 2 is 2.29 bits per heavy atom. The normalized spacial score (nSPS) is 12.7. The van der Waals surface area contributed by atoms with E-state index in [0.29, 0.717) is 16.4 Å². The van der Waals surface area contributed by atoms with Crippen LogP contribution in [0.25, 0.3) is 0 Å². The van der Waals surface area contributed by atoms with E-state index in [1.54, 1.807) is 30.1 Å². The molecule has 0 amide bonds. The van der Waals surface area contributed by atoms with Crippen molar-refractivity contribution in [1.82, 2.24) is 9.55 Å². The van der Waals surface area contributed by atoms with Gasteiger partial charge in [-0.1, -0.05) is 17.7 Å². The largest absolute Gasteiger partial charge is 0.385 e. The first-order chi connectivity index (χ1) is 8.09. The van der Waals surface area contributed by atoms with Crippen molar-refractivity contribution in [3.63, 3.8) is 0 Å². The van der Waals surface area contributed by atoms with Crippen molar-refractivity contribution >= 4 is 11.6 Å². The fourth-order valence-corrected chi connectivity index (χ4v) is 1.95. The van der Waals surface area contributed by atoms with Gasteiger partial charge in [0.25, 0.3) is 0 Å². The van der Waals surface area contributed by atoms with Crippen LogP contribution >= 0.6 is 11.6 Å². The Balaban J connectivity index is 2.25. The highest BCUT2D eigenvalue weighted by Crippen LogP contribution is 2.24. The lowest BCUT2D eigenvalue weighted by Gasteiger charge is -2.12. The number of aryl methyl sites for hydroxylation is 1. The Labute approximate surface area is 103 Å². The number of aliphatic hydroxyl groups excluding tert-OH is 1. The summed E-state index contributed by atoms with van der Waals surface area (Å²) in [5, 5.41) is 10.3. The smallest absolute Gasteiger partial charge is 0.137 e. The molecule has 0 radical (unpaired) electrons. The van der Waals surface area contributed by atoms with Crippen molar-refractivity contribution in [3.05, 3.63) is 52.8 Å². The highest BCUT2D eigenvalue weighted by molar-refractivity contribution is 6.31. The van der Waals surface area contributed by atoms with E-state index in [0.717, 1.165) is 0 Å². The minimum Gasteiger partial charge on any atom is -0.385 e. The molecule has 1 heterocycles. The maximum absolute atomic E-state index is 13.5. The molecule has 1 unspecified atom stereocenters. The fourth-order valence-electron chi connectivity index (χ4n) is 1.71. The van der Waals surface area contributed by atoms with Gasteiger partial charge in [0, 0.05) is 36.4 Å². The third kappa shape index (κ3) is 2.48. The van der Waals surface area contributed by atoms with E-state index < -0.39 is 11.9 Å². The molecular formula is C12H12ClFN2O. The van der Waals surface area contributed by atoms with Gasteiger partial charge in [-0.05, 0) is 12.1 Å². The number of benzene rings is 1. The van der Waals surface area contributed by atoms with Gasteiger partial charge < -0.3 is 9.67 Å². The standard InChI is InChI=1S/C12H12ClFN2O/c1-16-6-5-15-12(16)11(17)7-8-9(13)3-2-4-10(8)14/h2-6,11,17H,7H2,1H3. The van der Waals surface area contributed by atoms with Crippen molar-refractivity contribution in [2.75, 3.05) is 0 Å². The second-order valence-electron chi connectivity index (χ2n) is 3.82. The summed E-state index contributed by atoms with van der Waals surface area (Å²) in [5.41, 5.74) is 0.310. The van der Waals surface area contributed by atoms with E-state index in [1.807, 2.05) is 0 Å². The molecule has 1 aromatic heterocycles. The van der Waals surface area contributed by atoms with Crippen LogP contribution in [-0.2, 0) is 13.5 Å². The molecule has 17 heavy (non-hydrogen) atoms. The molecular weight excluding hydrogens is 243 g/mol. The summed E-state index contributed by atoms with van der Waals surface area (Å²) in [6, 6.07) is 4.46. The van der Waals surface area contributed by atoms with Crippen LogP contribution in [-0.4, -0.2) is 14.7 Å². The SMILES string of the molecule is Cn1ccnc1C(O)Cc1c(F)cccc1Cl. The van der Waals surface area contributed by atoms with Crippen LogP contribution in [0.15, 0.2) is 30.6 Å². The lowest BCUT2D eigenvalue weighted by molar-refractivity contribution is 0.164. The third-order valence-corrected chi connectivity index (χ3v) is 2.97. The number of hydrogen-bond acceptors (Lipinski definition) is 2. The molecule has 0 aliphatic heterocycles. The maximum atomic E-state index is 13.5. The number of halogens is 2. The van der Waals surface area contributed by atoms with Gasteiger partial charge in [-0.15, -0.1) is 0 Å². The van der Waals surface area contributed by atoms with Gasteiger partial charge in [-0.3, -0.25) is 0 Å². The Hall–Kier alpha value is -1.39. The molecule has 1 atom stereocenters. The monoisotopic (exact) mass is 254 g/mol. The Kier molecular flexibility index (Phi) is 3.45. The average Bonchev–Trinajstić information content (AvgIpc) is 2.70. The van der Waals surface area contributed by atoms with Crippen molar-refractivity contribution in [2.45, 2.75) is 12.5 Å². The van der Waals surface area contributed by atoms with Crippen LogP contribution in [0.1, 0.15) is 17.5 Å². The third-order valence-electron chi connectivity index (χ3n) is 2.62. The predicted octanol–water partition coefficient (Wildman–Crippen LogP) is 2.49. The van der Waals surface area contributed by atoms with Gasteiger partial charge in [0.05, 0.1) is 0 Å². The summed E-state index contributed by atoms with van der Waals surface area (Å²) in [4.78, 5) is 4.02. The first-order valence-electron chi connectivity index (χ1n) is 5.17. The number of imidazole rings is 1. The number of rotatable bonds is 3. The van der Waals surface area contributed by atoms with Crippen molar-refractivity contribution in [1.29, 1.82) is 0 Å². The van der Waals surface area contributed by atoms with E-state index in [-0.39, 0.29) is 6.42 Å². The Bertz CT molecular complexity index is 507. The van der Waals surface area contributed by atoms with Gasteiger partial charge in [0.15, 0.2) is 0 Å². The Morgan fingerprint density at radius 1 is 1.53 bits per heavy atom. The van der Waals surface area contributed by atoms with Gasteiger partial charge >= 0.3 is 0 Å². The van der Waals surface area contributed by atoms with E-state index in [2.05, 4.69) is 4.98 Å². The van der Waals surface area contributed by atoms with E-state index in [1.165, 1.54) is 12.1 Å². The van der Waals surface area contributed by atoms with Crippen molar-refractivity contribution < 1.29 is 9.50 Å². The molecule has 0 saturated heterocycles. The fraction of sp³-hybridized carbons (Fsp3) is 0.250. The minimum atomic E-state index is -0.871. The summed E-state index contributed by atoms with van der Waals surface area (Å²) >= 11 is 5.90. The van der Waals surface area contributed by atoms with Crippen LogP contribution in [0.5, 0.6) is 0 Å². The summed E-state index contributed by atoms with van der Waals surface area (Å²) in [5.74, 6) is 0.0788. The number of nitrogens with zero attached hydrogens (tertiary/aromatic N) is 2. The summed E-state index contributed by atoms with van der Waals surface area (Å²) in [6.45, 7) is 0. The molecule has 1 N–H and O–H groups in total. The summed E-state index contributed by atoms with van der Waals surface area (Å²) in [6.07, 6.45) is 2.55. The number of aromatic nitrogens is 2. The molecule has 0 spiro atoms. The lowest BCUT2D eigenvalue weighted by Crippen LogP contribution is -2.09. The molecule has 0 bridgehead atoms. The zero-order chi connectivity index (χ0) is 12.4. The summed E-state index contributed by atoms with van der Waals surface area (Å²) in [7, 11) is 1.77. The highest BCUT2D eigenvalue weighted by atomic mass is 35.5. The molecule has 5 heteroatoms. The zero-order valence-corrected chi connectivity index (χ0v) is 10.0. The molecule has 3 nitrogen and oxygen atoms in total. The van der Waals surface area contributed by atoms with Crippen LogP contribution < -0.4 is 0 Å². The molecule has 0 aliphatic rings. The number of aliphatic hydroxyl groups is 1. The topological polar surface area (TPSA) is 38.0 Å². The van der Waals surface area contributed by atoms with Crippen molar-refractivity contribution in [2.24, 2.45) is 7.05 Å². The average molecular weight is 255 g/mol. The molecule has 1 aromatic carbocycles. The van der Waals surface area contributed by atoms with Gasteiger partial charge in [-0.25, -0.2) is 9.37 Å². The second-order valence-corrected chi connectivity index (χ2v) is 4.22. The van der Waals surface area contributed by atoms with Gasteiger partial charge in [0.1, 0.15) is 17.7 Å². The van der Waals surface area contributed by atoms with E-state index in [4.69, 9.17) is 11.6 Å². The van der Waals surface area contributed by atoms with Crippen LogP contribution in [0.2, 0.25) is 5.02 Å². The van der Waals surface area contributed by atoms with Crippen LogP contribution in [0, 0.1) is 5.82 Å². The van der Waals surface area contributed by atoms with Crippen molar-refractivity contribution in [3.8, 4) is 0 Å². The first-order valence-corrected chi connectivity index (χ1v) is 5.55. The van der Waals surface area contributed by atoms with Crippen LogP contribution in [0.3, 0.4) is 0 Å². The Morgan fingerprint density at radius 3 is 2.88 bits per heavy atom. The van der Waals surface area contributed by atoms with Gasteiger partial charge in [-0.2, -0.15) is 0 Å². The summed E-state index contributed by atoms with van der Waals surface area (Å²) < 4.78 is 15.2. The molecule has 90 valence electrons. The molecule has 2 rings (SSSR count). The molecule has 0 fully saturated rings. The van der Waals surface area contributed by atoms with E-state index >= 15 is 0 Å². The highest BCUT2D eigenvalue weighted by Gasteiger charge is 2.17. The molecule has 0 saturated carbocycles. The second kappa shape index (κ2) is 4.85. The number of hydrogen-bond donors (Lipinski definition) is 1. The van der Waals surface area contributed by atoms with E-state index in [9.17, 15) is 9.50 Å². The first kappa shape index (κ1) is 12.1. The maximum Gasteiger partial charge on any atom is 0.137 e. The predicted molar refractivity (Wildman–Crippen MR) is 63.3 cm³/mol. The quantitative estimate of drug-likeness (QED) is 0.914. The van der Waals surface area contributed by atoms with Gasteiger partial charge in [0.2, 0.25) is 0 Å². The zero-order valence-electron chi connectivity index (χ0n) is 9.27. The molecule has 2 aromatic rings. The minimum absolute atomic E-state index is 0.108. The van der Waals surface area contributed by atoms with Crippen LogP contribution in [0.4, 0.5) is 4.39 Å².